The highest BCUT2D eigenvalue weighted by atomic mass is 35.5. The van der Waals surface area contributed by atoms with Gasteiger partial charge in [0.15, 0.2) is 0 Å². The van der Waals surface area contributed by atoms with Crippen LogP contribution >= 0.6 is 12.4 Å². The van der Waals surface area contributed by atoms with Crippen LogP contribution in [0.2, 0.25) is 0 Å². The fraction of sp³-hybridized carbons (Fsp3) is 0.588. The Balaban J connectivity index is 0.00000312. The number of sulfonamides is 1. The van der Waals surface area contributed by atoms with E-state index in [1.165, 1.54) is 4.31 Å². The lowest BCUT2D eigenvalue weighted by atomic mass is 9.97. The number of hydrogen-bond donors (Lipinski definition) is 2. The number of amides is 1. The molecule has 3 N–H and O–H groups in total. The number of nitrogens with one attached hydrogen (secondary N) is 1. The van der Waals surface area contributed by atoms with E-state index < -0.39 is 10.0 Å². The number of carbonyl (C=O) groups is 1. The summed E-state index contributed by atoms with van der Waals surface area (Å²) in [6, 6.07) is 7.07. The minimum Gasteiger partial charge on any atom is -0.355 e. The van der Waals surface area contributed by atoms with Gasteiger partial charge in [-0.2, -0.15) is 4.31 Å². The molecule has 1 fully saturated rings. The average Bonchev–Trinajstić information content (AvgIpc) is 2.59. The molecule has 1 aliphatic rings. The van der Waals surface area contributed by atoms with Crippen molar-refractivity contribution in [2.24, 2.45) is 11.7 Å². The van der Waals surface area contributed by atoms with E-state index in [1.807, 2.05) is 12.1 Å². The number of halogens is 1. The van der Waals surface area contributed by atoms with Crippen LogP contribution in [0.5, 0.6) is 0 Å². The lowest BCUT2D eigenvalue weighted by molar-refractivity contribution is -0.126. The second-order valence-corrected chi connectivity index (χ2v) is 8.42. The largest absolute Gasteiger partial charge is 0.355 e. The van der Waals surface area contributed by atoms with Crippen molar-refractivity contribution in [3.05, 3.63) is 29.8 Å². The van der Waals surface area contributed by atoms with Gasteiger partial charge in [0.1, 0.15) is 0 Å². The number of piperidine rings is 1. The molecule has 0 spiro atoms. The van der Waals surface area contributed by atoms with Gasteiger partial charge >= 0.3 is 0 Å². The van der Waals surface area contributed by atoms with Crippen LogP contribution in [-0.2, 0) is 14.8 Å². The maximum atomic E-state index is 12.7. The SMILES string of the molecule is CC(C)c1ccc(S(=O)(=O)N2CCC(C(=O)NCCN)CC2)cc1.Cl. The first-order valence-corrected chi connectivity index (χ1v) is 9.88. The Morgan fingerprint density at radius 1 is 1.24 bits per heavy atom. The average molecular weight is 390 g/mol. The van der Waals surface area contributed by atoms with E-state index in [0.29, 0.717) is 49.8 Å². The zero-order valence-electron chi connectivity index (χ0n) is 14.8. The second-order valence-electron chi connectivity index (χ2n) is 6.48. The maximum Gasteiger partial charge on any atom is 0.243 e. The Hall–Kier alpha value is -1.15. The van der Waals surface area contributed by atoms with Gasteiger partial charge in [0, 0.05) is 32.1 Å². The summed E-state index contributed by atoms with van der Waals surface area (Å²) < 4.78 is 26.9. The predicted molar refractivity (Wildman–Crippen MR) is 101 cm³/mol. The Morgan fingerprint density at radius 2 is 1.80 bits per heavy atom. The minimum absolute atomic E-state index is 0. The number of carbonyl (C=O) groups excluding carboxylic acids is 1. The lowest BCUT2D eigenvalue weighted by Crippen LogP contribution is -2.43. The van der Waals surface area contributed by atoms with Crippen molar-refractivity contribution in [1.82, 2.24) is 9.62 Å². The first kappa shape index (κ1) is 21.9. The van der Waals surface area contributed by atoms with Gasteiger partial charge < -0.3 is 11.1 Å². The smallest absolute Gasteiger partial charge is 0.243 e. The lowest BCUT2D eigenvalue weighted by Gasteiger charge is -2.30. The highest BCUT2D eigenvalue weighted by Crippen LogP contribution is 2.25. The fourth-order valence-electron chi connectivity index (χ4n) is 2.87. The summed E-state index contributed by atoms with van der Waals surface area (Å²) in [7, 11) is -3.49. The van der Waals surface area contributed by atoms with Crippen LogP contribution in [-0.4, -0.2) is 44.8 Å². The molecule has 2 rings (SSSR count). The molecule has 0 atom stereocenters. The van der Waals surface area contributed by atoms with Crippen molar-refractivity contribution < 1.29 is 13.2 Å². The quantitative estimate of drug-likeness (QED) is 0.774. The molecule has 1 aromatic rings. The Bertz CT molecular complexity index is 654. The molecule has 1 amide bonds. The third kappa shape index (κ3) is 5.41. The third-order valence-electron chi connectivity index (χ3n) is 4.45. The number of hydrogen-bond acceptors (Lipinski definition) is 4. The first-order valence-electron chi connectivity index (χ1n) is 8.44. The highest BCUT2D eigenvalue weighted by molar-refractivity contribution is 7.89. The van der Waals surface area contributed by atoms with Crippen LogP contribution in [0, 0.1) is 5.92 Å². The van der Waals surface area contributed by atoms with Gasteiger partial charge in [-0.15, -0.1) is 12.4 Å². The fourth-order valence-corrected chi connectivity index (χ4v) is 4.34. The zero-order valence-corrected chi connectivity index (χ0v) is 16.4. The Morgan fingerprint density at radius 3 is 2.28 bits per heavy atom. The normalized spacial score (nSPS) is 16.5. The summed E-state index contributed by atoms with van der Waals surface area (Å²) >= 11 is 0. The van der Waals surface area contributed by atoms with Crippen molar-refractivity contribution in [3.8, 4) is 0 Å². The molecule has 0 aromatic heterocycles. The van der Waals surface area contributed by atoms with Crippen LogP contribution in [0.15, 0.2) is 29.2 Å². The molecule has 25 heavy (non-hydrogen) atoms. The molecule has 0 bridgehead atoms. The van der Waals surface area contributed by atoms with Gasteiger partial charge in [0.05, 0.1) is 4.90 Å². The van der Waals surface area contributed by atoms with Crippen molar-refractivity contribution in [2.75, 3.05) is 26.2 Å². The van der Waals surface area contributed by atoms with Gasteiger partial charge in [0.25, 0.3) is 0 Å². The Labute approximate surface area is 156 Å². The highest BCUT2D eigenvalue weighted by Gasteiger charge is 2.31. The molecule has 0 saturated carbocycles. The standard InChI is InChI=1S/C17H27N3O3S.ClH/c1-13(2)14-3-5-16(6-4-14)24(22,23)20-11-7-15(8-12-20)17(21)19-10-9-18;/h3-6,13,15H,7-12,18H2,1-2H3,(H,19,21);1H. The van der Waals surface area contributed by atoms with Crippen molar-refractivity contribution in [2.45, 2.75) is 37.5 Å². The number of benzene rings is 1. The molecular formula is C17H28ClN3O3S. The van der Waals surface area contributed by atoms with E-state index in [1.54, 1.807) is 12.1 Å². The first-order chi connectivity index (χ1) is 11.4. The Kier molecular flexibility index (Phi) is 8.34. The van der Waals surface area contributed by atoms with Gasteiger partial charge in [-0.05, 0) is 36.5 Å². The van der Waals surface area contributed by atoms with E-state index in [0.717, 1.165) is 5.56 Å². The van der Waals surface area contributed by atoms with Crippen LogP contribution in [0.4, 0.5) is 0 Å². The van der Waals surface area contributed by atoms with Gasteiger partial charge in [-0.25, -0.2) is 8.42 Å². The number of nitrogens with two attached hydrogens (primary N) is 1. The van der Waals surface area contributed by atoms with Gasteiger partial charge in [0.2, 0.25) is 15.9 Å². The zero-order chi connectivity index (χ0) is 17.7. The molecule has 0 radical (unpaired) electrons. The van der Waals surface area contributed by atoms with E-state index in [4.69, 9.17) is 5.73 Å². The molecule has 1 aliphatic heterocycles. The monoisotopic (exact) mass is 389 g/mol. The van der Waals surface area contributed by atoms with E-state index in [-0.39, 0.29) is 24.2 Å². The van der Waals surface area contributed by atoms with Crippen molar-refractivity contribution >= 4 is 28.3 Å². The molecule has 8 heteroatoms. The molecule has 1 aromatic carbocycles. The second kappa shape index (κ2) is 9.52. The molecule has 0 unspecified atom stereocenters. The number of nitrogens with zero attached hydrogens (tertiary/aromatic N) is 1. The van der Waals surface area contributed by atoms with E-state index in [9.17, 15) is 13.2 Å². The third-order valence-corrected chi connectivity index (χ3v) is 6.37. The van der Waals surface area contributed by atoms with E-state index >= 15 is 0 Å². The van der Waals surface area contributed by atoms with Crippen LogP contribution in [0.25, 0.3) is 0 Å². The number of rotatable bonds is 6. The molecule has 0 aliphatic carbocycles. The van der Waals surface area contributed by atoms with Crippen molar-refractivity contribution in [1.29, 1.82) is 0 Å². The molecule has 1 heterocycles. The van der Waals surface area contributed by atoms with Gasteiger partial charge in [-0.1, -0.05) is 26.0 Å². The van der Waals surface area contributed by atoms with Crippen LogP contribution in [0.1, 0.15) is 38.2 Å². The summed E-state index contributed by atoms with van der Waals surface area (Å²) in [5.41, 5.74) is 6.49. The van der Waals surface area contributed by atoms with E-state index in [2.05, 4.69) is 19.2 Å². The maximum absolute atomic E-state index is 12.7. The summed E-state index contributed by atoms with van der Waals surface area (Å²) in [6.07, 6.45) is 1.08. The molecule has 6 nitrogen and oxygen atoms in total. The topological polar surface area (TPSA) is 92.5 Å². The summed E-state index contributed by atoms with van der Waals surface area (Å²) in [4.78, 5) is 12.3. The van der Waals surface area contributed by atoms with Crippen LogP contribution in [0.3, 0.4) is 0 Å². The summed E-state index contributed by atoms with van der Waals surface area (Å²) in [5.74, 6) is 0.203. The summed E-state index contributed by atoms with van der Waals surface area (Å²) in [5, 5.41) is 2.77. The minimum atomic E-state index is -3.49. The molecule has 142 valence electrons. The molecule has 1 saturated heterocycles. The predicted octanol–water partition coefficient (Wildman–Crippen LogP) is 1.71. The van der Waals surface area contributed by atoms with Gasteiger partial charge in [-0.3, -0.25) is 4.79 Å². The molecular weight excluding hydrogens is 362 g/mol. The van der Waals surface area contributed by atoms with Crippen molar-refractivity contribution in [3.63, 3.8) is 0 Å². The van der Waals surface area contributed by atoms with Crippen LogP contribution < -0.4 is 11.1 Å². The summed E-state index contributed by atoms with van der Waals surface area (Å²) in [6.45, 7) is 5.75.